The lowest BCUT2D eigenvalue weighted by Gasteiger charge is -2.14. The number of nitrogens with two attached hydrogens (primary N) is 1. The van der Waals surface area contributed by atoms with Crippen molar-refractivity contribution < 1.29 is 8.78 Å². The molecule has 3 N–H and O–H groups in total. The quantitative estimate of drug-likeness (QED) is 0.753. The fourth-order valence-electron chi connectivity index (χ4n) is 0.834. The highest BCUT2D eigenvalue weighted by molar-refractivity contribution is 5.46. The molecule has 0 radical (unpaired) electrons. The number of rotatable bonds is 4. The highest BCUT2D eigenvalue weighted by Gasteiger charge is 2.26. The summed E-state index contributed by atoms with van der Waals surface area (Å²) < 4.78 is 25.5. The van der Waals surface area contributed by atoms with E-state index in [1.165, 1.54) is 12.4 Å². The van der Waals surface area contributed by atoms with Crippen molar-refractivity contribution in [3.05, 3.63) is 18.1 Å². The van der Waals surface area contributed by atoms with E-state index in [-0.39, 0.29) is 11.5 Å². The Morgan fingerprint density at radius 2 is 2.13 bits per heavy atom. The number of hydrogen-bond acceptors (Lipinski definition) is 5. The molecule has 0 bridgehead atoms. The van der Waals surface area contributed by atoms with Gasteiger partial charge in [-0.2, -0.15) is 5.26 Å². The van der Waals surface area contributed by atoms with E-state index in [4.69, 9.17) is 11.0 Å². The SMILES string of the molecule is N#Cc1nccnc1NCC(F)(F)CN. The number of nitrogens with zero attached hydrogens (tertiary/aromatic N) is 3. The van der Waals surface area contributed by atoms with Crippen molar-refractivity contribution in [3.63, 3.8) is 0 Å². The lowest BCUT2D eigenvalue weighted by atomic mass is 10.3. The van der Waals surface area contributed by atoms with Crippen LogP contribution >= 0.6 is 0 Å². The molecule has 0 unspecified atom stereocenters. The third kappa shape index (κ3) is 3.11. The van der Waals surface area contributed by atoms with Gasteiger partial charge < -0.3 is 11.1 Å². The second-order valence-electron chi connectivity index (χ2n) is 2.78. The van der Waals surface area contributed by atoms with Crippen molar-refractivity contribution in [2.75, 3.05) is 18.4 Å². The number of aromatic nitrogens is 2. The minimum atomic E-state index is -3.02. The fraction of sp³-hybridized carbons (Fsp3) is 0.375. The molecule has 5 nitrogen and oxygen atoms in total. The molecule has 0 aliphatic heterocycles. The van der Waals surface area contributed by atoms with Gasteiger partial charge in [-0.15, -0.1) is 0 Å². The first-order chi connectivity index (χ1) is 7.09. The van der Waals surface area contributed by atoms with Crippen LogP contribution in [0.1, 0.15) is 5.69 Å². The lowest BCUT2D eigenvalue weighted by Crippen LogP contribution is -2.35. The summed E-state index contributed by atoms with van der Waals surface area (Å²) in [4.78, 5) is 7.38. The third-order valence-corrected chi connectivity index (χ3v) is 1.62. The molecule has 0 amide bonds. The minimum Gasteiger partial charge on any atom is -0.362 e. The van der Waals surface area contributed by atoms with Crippen molar-refractivity contribution in [2.24, 2.45) is 5.73 Å². The van der Waals surface area contributed by atoms with Gasteiger partial charge in [-0.05, 0) is 0 Å². The average molecular weight is 213 g/mol. The zero-order valence-electron chi connectivity index (χ0n) is 7.74. The van der Waals surface area contributed by atoms with Crippen LogP contribution in [0.25, 0.3) is 0 Å². The first-order valence-corrected chi connectivity index (χ1v) is 4.12. The molecule has 15 heavy (non-hydrogen) atoms. The number of nitrogens with one attached hydrogen (secondary N) is 1. The first kappa shape index (κ1) is 11.3. The summed E-state index contributed by atoms with van der Waals surface area (Å²) in [7, 11) is 0. The summed E-state index contributed by atoms with van der Waals surface area (Å²) >= 11 is 0. The molecule has 1 aromatic rings. The molecule has 1 aromatic heterocycles. The minimum absolute atomic E-state index is 0.0229. The zero-order valence-corrected chi connectivity index (χ0v) is 7.74. The maximum absolute atomic E-state index is 12.8. The van der Waals surface area contributed by atoms with Crippen LogP contribution in [0.15, 0.2) is 12.4 Å². The number of alkyl halides is 2. The molecule has 0 fully saturated rings. The van der Waals surface area contributed by atoms with E-state index < -0.39 is 19.0 Å². The molecular weight excluding hydrogens is 204 g/mol. The van der Waals surface area contributed by atoms with Crippen molar-refractivity contribution in [2.45, 2.75) is 5.92 Å². The van der Waals surface area contributed by atoms with Crippen LogP contribution in [0, 0.1) is 11.3 Å². The number of nitriles is 1. The Morgan fingerprint density at radius 3 is 2.73 bits per heavy atom. The summed E-state index contributed by atoms with van der Waals surface area (Å²) in [6.07, 6.45) is 2.62. The summed E-state index contributed by atoms with van der Waals surface area (Å²) in [5.74, 6) is -2.99. The summed E-state index contributed by atoms with van der Waals surface area (Å²) in [6.45, 7) is -1.43. The van der Waals surface area contributed by atoms with Gasteiger partial charge in [0.25, 0.3) is 5.92 Å². The second-order valence-corrected chi connectivity index (χ2v) is 2.78. The van der Waals surface area contributed by atoms with Gasteiger partial charge in [0.1, 0.15) is 6.07 Å². The van der Waals surface area contributed by atoms with Crippen LogP contribution in [0.5, 0.6) is 0 Å². The monoisotopic (exact) mass is 213 g/mol. The van der Waals surface area contributed by atoms with E-state index in [2.05, 4.69) is 15.3 Å². The maximum atomic E-state index is 12.8. The Bertz CT molecular complexity index is 374. The molecule has 0 spiro atoms. The van der Waals surface area contributed by atoms with E-state index in [0.717, 1.165) is 0 Å². The Hall–Kier alpha value is -1.81. The third-order valence-electron chi connectivity index (χ3n) is 1.62. The van der Waals surface area contributed by atoms with E-state index >= 15 is 0 Å². The van der Waals surface area contributed by atoms with Gasteiger partial charge in [0, 0.05) is 12.4 Å². The average Bonchev–Trinajstić information content (AvgIpc) is 2.27. The summed E-state index contributed by atoms with van der Waals surface area (Å²) in [5, 5.41) is 10.9. The van der Waals surface area contributed by atoms with Crippen molar-refractivity contribution in [1.29, 1.82) is 5.26 Å². The van der Waals surface area contributed by atoms with Crippen LogP contribution in [0.3, 0.4) is 0 Å². The fourth-order valence-corrected chi connectivity index (χ4v) is 0.834. The molecule has 0 saturated carbocycles. The van der Waals surface area contributed by atoms with Gasteiger partial charge in [-0.1, -0.05) is 0 Å². The molecule has 1 heterocycles. The molecule has 0 aliphatic rings. The Morgan fingerprint density at radius 1 is 1.47 bits per heavy atom. The lowest BCUT2D eigenvalue weighted by molar-refractivity contribution is 0.0253. The largest absolute Gasteiger partial charge is 0.362 e. The molecule has 0 atom stereocenters. The summed E-state index contributed by atoms with van der Waals surface area (Å²) in [6, 6.07) is 1.74. The van der Waals surface area contributed by atoms with Crippen LogP contribution < -0.4 is 11.1 Å². The molecule has 0 saturated heterocycles. The topological polar surface area (TPSA) is 87.6 Å². The van der Waals surface area contributed by atoms with E-state index in [9.17, 15) is 8.78 Å². The van der Waals surface area contributed by atoms with Crippen LogP contribution in [-0.2, 0) is 0 Å². The van der Waals surface area contributed by atoms with E-state index in [0.29, 0.717) is 0 Å². The first-order valence-electron chi connectivity index (χ1n) is 4.12. The van der Waals surface area contributed by atoms with E-state index in [1.54, 1.807) is 6.07 Å². The van der Waals surface area contributed by atoms with Gasteiger partial charge in [-0.3, -0.25) is 0 Å². The summed E-state index contributed by atoms with van der Waals surface area (Å²) in [5.41, 5.74) is 4.83. The second kappa shape index (κ2) is 4.61. The Balaban J connectivity index is 2.70. The van der Waals surface area contributed by atoms with Gasteiger partial charge in [-0.25, -0.2) is 18.7 Å². The number of hydrogen-bond donors (Lipinski definition) is 2. The van der Waals surface area contributed by atoms with Gasteiger partial charge in [0.05, 0.1) is 13.1 Å². The molecule has 7 heteroatoms. The molecule has 0 aliphatic carbocycles. The number of anilines is 1. The molecule has 80 valence electrons. The Labute approximate surface area is 84.9 Å². The molecule has 0 aromatic carbocycles. The van der Waals surface area contributed by atoms with Crippen molar-refractivity contribution in [3.8, 4) is 6.07 Å². The molecule has 1 rings (SSSR count). The zero-order chi connectivity index (χ0) is 11.3. The predicted molar refractivity (Wildman–Crippen MR) is 49.2 cm³/mol. The van der Waals surface area contributed by atoms with Crippen LogP contribution in [0.4, 0.5) is 14.6 Å². The smallest absolute Gasteiger partial charge is 0.276 e. The normalized spacial score (nSPS) is 10.8. The van der Waals surface area contributed by atoms with Crippen LogP contribution in [0.2, 0.25) is 0 Å². The van der Waals surface area contributed by atoms with Crippen LogP contribution in [-0.4, -0.2) is 29.0 Å². The maximum Gasteiger partial charge on any atom is 0.276 e. The van der Waals surface area contributed by atoms with Crippen molar-refractivity contribution in [1.82, 2.24) is 9.97 Å². The standard InChI is InChI=1S/C8H9F2N5/c9-8(10,4-12)5-15-7-6(3-11)13-1-2-14-7/h1-2H,4-5,12H2,(H,14,15). The number of halogens is 2. The molecular formula is C8H9F2N5. The van der Waals surface area contributed by atoms with E-state index in [1.807, 2.05) is 0 Å². The predicted octanol–water partition coefficient (Wildman–Crippen LogP) is 0.354. The van der Waals surface area contributed by atoms with Gasteiger partial charge in [0.2, 0.25) is 0 Å². The van der Waals surface area contributed by atoms with Gasteiger partial charge in [0.15, 0.2) is 11.5 Å². The highest BCUT2D eigenvalue weighted by Crippen LogP contribution is 2.13. The van der Waals surface area contributed by atoms with Crippen molar-refractivity contribution >= 4 is 5.82 Å². The highest BCUT2D eigenvalue weighted by atomic mass is 19.3. The van der Waals surface area contributed by atoms with Gasteiger partial charge >= 0.3 is 0 Å². The Kier molecular flexibility index (Phi) is 3.46.